The summed E-state index contributed by atoms with van der Waals surface area (Å²) in [6, 6.07) is 12.2. The van der Waals surface area contributed by atoms with Crippen LogP contribution in [0.25, 0.3) is 0 Å². The number of benzene rings is 2. The number of nitriles is 1. The van der Waals surface area contributed by atoms with Gasteiger partial charge in [0.2, 0.25) is 5.91 Å². The number of nitrogens with one attached hydrogen (secondary N) is 2. The molecule has 1 saturated heterocycles. The fourth-order valence-electron chi connectivity index (χ4n) is 3.17. The largest absolute Gasteiger partial charge is 0.573 e. The normalized spacial score (nSPS) is 18.2. The lowest BCUT2D eigenvalue weighted by Gasteiger charge is -2.22. The molecule has 1 aliphatic rings. The number of carbonyl (C=O) groups excluding carboxylic acids is 3. The number of halogens is 3. The SMILES string of the molecule is CC1(c2ccc(OC(F)(F)F)cc2)NC(=O)N(CC(=O)Nc2ccc(CC#N)cc2)C1=O. The summed E-state index contributed by atoms with van der Waals surface area (Å²) in [4.78, 5) is 38.3. The molecule has 0 aromatic heterocycles. The molecule has 3 rings (SSSR count). The van der Waals surface area contributed by atoms with Gasteiger partial charge in [0.1, 0.15) is 17.8 Å². The van der Waals surface area contributed by atoms with Crippen molar-refractivity contribution in [3.8, 4) is 11.8 Å². The van der Waals surface area contributed by atoms with Gasteiger partial charge in [0.25, 0.3) is 5.91 Å². The molecular formula is C21H17F3N4O4. The zero-order chi connectivity index (χ0) is 23.5. The van der Waals surface area contributed by atoms with Gasteiger partial charge < -0.3 is 15.4 Å². The molecule has 11 heteroatoms. The predicted molar refractivity (Wildman–Crippen MR) is 105 cm³/mol. The van der Waals surface area contributed by atoms with Crippen molar-refractivity contribution in [1.29, 1.82) is 5.26 Å². The molecule has 2 aromatic rings. The fraction of sp³-hybridized carbons (Fsp3) is 0.238. The van der Waals surface area contributed by atoms with Crippen molar-refractivity contribution >= 4 is 23.5 Å². The van der Waals surface area contributed by atoms with Crippen molar-refractivity contribution in [2.45, 2.75) is 25.2 Å². The highest BCUT2D eigenvalue weighted by atomic mass is 19.4. The van der Waals surface area contributed by atoms with Crippen LogP contribution in [0.3, 0.4) is 0 Å². The molecule has 0 aliphatic carbocycles. The van der Waals surface area contributed by atoms with Crippen LogP contribution in [-0.2, 0) is 21.5 Å². The van der Waals surface area contributed by atoms with E-state index in [4.69, 9.17) is 5.26 Å². The van der Waals surface area contributed by atoms with Crippen LogP contribution in [0.1, 0.15) is 18.1 Å². The predicted octanol–water partition coefficient (Wildman–Crippen LogP) is 3.06. The van der Waals surface area contributed by atoms with Gasteiger partial charge in [-0.25, -0.2) is 4.79 Å². The Labute approximate surface area is 180 Å². The number of anilines is 1. The summed E-state index contributed by atoms with van der Waals surface area (Å²) in [6.45, 7) is 0.828. The highest BCUT2D eigenvalue weighted by molar-refractivity contribution is 6.10. The molecule has 8 nitrogen and oxygen atoms in total. The van der Waals surface area contributed by atoms with Gasteiger partial charge in [-0.15, -0.1) is 13.2 Å². The lowest BCUT2D eigenvalue weighted by molar-refractivity contribution is -0.274. The summed E-state index contributed by atoms with van der Waals surface area (Å²) in [5, 5.41) is 13.7. The molecule has 32 heavy (non-hydrogen) atoms. The van der Waals surface area contributed by atoms with Crippen molar-refractivity contribution in [2.24, 2.45) is 0 Å². The Balaban J connectivity index is 1.68. The van der Waals surface area contributed by atoms with E-state index in [9.17, 15) is 27.6 Å². The zero-order valence-electron chi connectivity index (χ0n) is 16.7. The van der Waals surface area contributed by atoms with Gasteiger partial charge in [0.15, 0.2) is 0 Å². The van der Waals surface area contributed by atoms with Crippen LogP contribution in [-0.4, -0.2) is 35.7 Å². The molecule has 4 amide bonds. The van der Waals surface area contributed by atoms with Gasteiger partial charge in [-0.2, -0.15) is 5.26 Å². The Hall–Kier alpha value is -4.07. The third-order valence-electron chi connectivity index (χ3n) is 4.76. The van der Waals surface area contributed by atoms with Crippen LogP contribution in [0.15, 0.2) is 48.5 Å². The number of nitrogens with zero attached hydrogens (tertiary/aromatic N) is 2. The van der Waals surface area contributed by atoms with Gasteiger partial charge in [0, 0.05) is 5.69 Å². The molecule has 1 fully saturated rings. The van der Waals surface area contributed by atoms with E-state index < -0.39 is 42.0 Å². The van der Waals surface area contributed by atoms with E-state index in [-0.39, 0.29) is 12.0 Å². The number of urea groups is 1. The first-order valence-electron chi connectivity index (χ1n) is 9.28. The van der Waals surface area contributed by atoms with Crippen LogP contribution in [0, 0.1) is 11.3 Å². The third-order valence-corrected chi connectivity index (χ3v) is 4.76. The van der Waals surface area contributed by atoms with Crippen LogP contribution in [0.2, 0.25) is 0 Å². The molecule has 0 spiro atoms. The van der Waals surface area contributed by atoms with E-state index >= 15 is 0 Å². The van der Waals surface area contributed by atoms with Gasteiger partial charge >= 0.3 is 12.4 Å². The average Bonchev–Trinajstić information content (AvgIpc) is 2.93. The molecule has 2 aromatic carbocycles. The molecule has 1 heterocycles. The Morgan fingerprint density at radius 3 is 2.34 bits per heavy atom. The maximum Gasteiger partial charge on any atom is 0.573 e. The first-order chi connectivity index (χ1) is 15.0. The summed E-state index contributed by atoms with van der Waals surface area (Å²) in [6.07, 6.45) is -4.64. The van der Waals surface area contributed by atoms with Gasteiger partial charge in [-0.3, -0.25) is 14.5 Å². The third kappa shape index (κ3) is 4.97. The molecule has 2 N–H and O–H groups in total. The molecule has 0 saturated carbocycles. The molecule has 0 bridgehead atoms. The van der Waals surface area contributed by atoms with Gasteiger partial charge in [-0.05, 0) is 42.3 Å². The van der Waals surface area contributed by atoms with Crippen LogP contribution in [0.5, 0.6) is 5.75 Å². The molecular weight excluding hydrogens is 429 g/mol. The molecule has 1 atom stereocenters. The van der Waals surface area contributed by atoms with E-state index in [0.717, 1.165) is 22.6 Å². The number of hydrogen-bond acceptors (Lipinski definition) is 5. The smallest absolute Gasteiger partial charge is 0.406 e. The average molecular weight is 446 g/mol. The highest BCUT2D eigenvalue weighted by Crippen LogP contribution is 2.31. The summed E-state index contributed by atoms with van der Waals surface area (Å²) < 4.78 is 40.8. The number of amides is 4. The Bertz CT molecular complexity index is 1080. The highest BCUT2D eigenvalue weighted by Gasteiger charge is 2.49. The molecule has 1 aliphatic heterocycles. The minimum atomic E-state index is -4.86. The summed E-state index contributed by atoms with van der Waals surface area (Å²) >= 11 is 0. The molecule has 166 valence electrons. The quantitative estimate of drug-likeness (QED) is 0.663. The van der Waals surface area contributed by atoms with E-state index in [1.54, 1.807) is 24.3 Å². The van der Waals surface area contributed by atoms with Crippen LogP contribution < -0.4 is 15.4 Å². The van der Waals surface area contributed by atoms with Crippen molar-refractivity contribution in [3.63, 3.8) is 0 Å². The minimum absolute atomic E-state index is 0.221. The molecule has 0 radical (unpaired) electrons. The van der Waals surface area contributed by atoms with Gasteiger partial charge in [0.05, 0.1) is 12.5 Å². The number of carbonyl (C=O) groups is 3. The maximum atomic E-state index is 12.9. The molecule has 1 unspecified atom stereocenters. The maximum absolute atomic E-state index is 12.9. The van der Waals surface area contributed by atoms with Crippen molar-refractivity contribution in [1.82, 2.24) is 10.2 Å². The summed E-state index contributed by atoms with van der Waals surface area (Å²) in [7, 11) is 0. The van der Waals surface area contributed by atoms with Crippen molar-refractivity contribution < 1.29 is 32.3 Å². The number of ether oxygens (including phenoxy) is 1. The topological polar surface area (TPSA) is 112 Å². The lowest BCUT2D eigenvalue weighted by Crippen LogP contribution is -2.42. The van der Waals surface area contributed by atoms with E-state index in [0.29, 0.717) is 5.69 Å². The Kier molecular flexibility index (Phi) is 6.06. The lowest BCUT2D eigenvalue weighted by atomic mass is 9.92. The second-order valence-electron chi connectivity index (χ2n) is 7.10. The van der Waals surface area contributed by atoms with E-state index in [1.807, 2.05) is 6.07 Å². The van der Waals surface area contributed by atoms with Crippen LogP contribution in [0.4, 0.5) is 23.7 Å². The second kappa shape index (κ2) is 8.58. The number of alkyl halides is 3. The fourth-order valence-corrected chi connectivity index (χ4v) is 3.17. The number of rotatable bonds is 6. The van der Waals surface area contributed by atoms with Gasteiger partial charge in [-0.1, -0.05) is 24.3 Å². The van der Waals surface area contributed by atoms with E-state index in [1.165, 1.54) is 19.1 Å². The first-order valence-corrected chi connectivity index (χ1v) is 9.28. The Morgan fingerprint density at radius 1 is 1.16 bits per heavy atom. The van der Waals surface area contributed by atoms with Crippen molar-refractivity contribution in [2.75, 3.05) is 11.9 Å². The summed E-state index contributed by atoms with van der Waals surface area (Å²) in [5.41, 5.74) is -0.150. The van der Waals surface area contributed by atoms with Crippen molar-refractivity contribution in [3.05, 3.63) is 59.7 Å². The monoisotopic (exact) mass is 446 g/mol. The first kappa shape index (κ1) is 22.6. The minimum Gasteiger partial charge on any atom is -0.406 e. The second-order valence-corrected chi connectivity index (χ2v) is 7.10. The summed E-state index contributed by atoms with van der Waals surface area (Å²) in [5.74, 6) is -1.83. The Morgan fingerprint density at radius 2 is 1.78 bits per heavy atom. The standard InChI is InChI=1S/C21H17F3N4O4/c1-20(14-4-8-16(9-5-14)32-21(22,23)24)18(30)28(19(31)27-20)12-17(29)26-15-6-2-13(3-7-15)10-11-25/h2-9H,10,12H2,1H3,(H,26,29)(H,27,31). The number of imide groups is 1. The number of hydrogen-bond donors (Lipinski definition) is 2. The van der Waals surface area contributed by atoms with Crippen LogP contribution >= 0.6 is 0 Å². The zero-order valence-corrected chi connectivity index (χ0v) is 16.7. The van der Waals surface area contributed by atoms with E-state index in [2.05, 4.69) is 15.4 Å².